The van der Waals surface area contributed by atoms with E-state index in [-0.39, 0.29) is 6.04 Å². The average Bonchev–Trinajstić information content (AvgIpc) is 2.98. The van der Waals surface area contributed by atoms with Crippen molar-refractivity contribution in [1.29, 1.82) is 0 Å². The van der Waals surface area contributed by atoms with E-state index in [1.165, 1.54) is 5.56 Å². The van der Waals surface area contributed by atoms with E-state index in [9.17, 15) is 4.79 Å². The van der Waals surface area contributed by atoms with Gasteiger partial charge in [-0.15, -0.1) is 0 Å². The molecular weight excluding hydrogens is 304 g/mol. The number of ether oxygens (including phenoxy) is 1. The number of amides is 1. The molecule has 2 aromatic rings. The number of aryl methyl sites for hydroxylation is 2. The molecule has 3 N–H and O–H groups in total. The van der Waals surface area contributed by atoms with Gasteiger partial charge in [-0.3, -0.25) is 9.78 Å². The lowest BCUT2D eigenvalue weighted by Crippen LogP contribution is -2.31. The molecule has 2 atom stereocenters. The summed E-state index contributed by atoms with van der Waals surface area (Å²) < 4.78 is 5.65. The van der Waals surface area contributed by atoms with Gasteiger partial charge in [0.25, 0.3) is 5.91 Å². The Morgan fingerprint density at radius 2 is 2.08 bits per heavy atom. The Kier molecular flexibility index (Phi) is 4.76. The number of anilines is 1. The van der Waals surface area contributed by atoms with Crippen molar-refractivity contribution in [2.75, 3.05) is 18.5 Å². The minimum atomic E-state index is -0.474. The lowest BCUT2D eigenvalue weighted by atomic mass is 9.95. The van der Waals surface area contributed by atoms with Gasteiger partial charge in [-0.05, 0) is 49.6 Å². The van der Waals surface area contributed by atoms with E-state index in [0.29, 0.717) is 30.5 Å². The van der Waals surface area contributed by atoms with E-state index in [1.54, 1.807) is 18.5 Å². The van der Waals surface area contributed by atoms with Gasteiger partial charge < -0.3 is 15.8 Å². The molecule has 1 amide bonds. The summed E-state index contributed by atoms with van der Waals surface area (Å²) in [6.45, 7) is 5.10. The molecular formula is C18H22N4O2. The first-order chi connectivity index (χ1) is 11.5. The molecule has 0 aromatic carbocycles. The Labute approximate surface area is 141 Å². The molecule has 6 nitrogen and oxygen atoms in total. The number of hydrogen-bond donors (Lipinski definition) is 2. The first-order valence-electron chi connectivity index (χ1n) is 8.06. The topological polar surface area (TPSA) is 90.1 Å². The minimum Gasteiger partial charge on any atom is -0.379 e. The fourth-order valence-corrected chi connectivity index (χ4v) is 2.96. The molecule has 1 aliphatic heterocycles. The van der Waals surface area contributed by atoms with Crippen molar-refractivity contribution < 1.29 is 9.53 Å². The first-order valence-corrected chi connectivity index (χ1v) is 8.06. The molecule has 0 radical (unpaired) electrons. The van der Waals surface area contributed by atoms with Gasteiger partial charge >= 0.3 is 0 Å². The van der Waals surface area contributed by atoms with E-state index >= 15 is 0 Å². The number of pyridine rings is 2. The summed E-state index contributed by atoms with van der Waals surface area (Å²) in [6.07, 6.45) is 4.48. The SMILES string of the molecule is Cc1cc(C(N)=O)c(N[C@H]2COC[C@H]2Cc2ccncc2)nc1C. The second-order valence-corrected chi connectivity index (χ2v) is 6.26. The number of aromatic nitrogens is 2. The first kappa shape index (κ1) is 16.4. The maximum atomic E-state index is 11.7. The summed E-state index contributed by atoms with van der Waals surface area (Å²) in [5.74, 6) is 0.370. The second kappa shape index (κ2) is 6.97. The number of carbonyl (C=O) groups excluding carboxylic acids is 1. The maximum absolute atomic E-state index is 11.7. The lowest BCUT2D eigenvalue weighted by Gasteiger charge is -2.21. The van der Waals surface area contributed by atoms with Gasteiger partial charge in [0.15, 0.2) is 0 Å². The fraction of sp³-hybridized carbons (Fsp3) is 0.389. The largest absolute Gasteiger partial charge is 0.379 e. The molecule has 24 heavy (non-hydrogen) atoms. The van der Waals surface area contributed by atoms with E-state index < -0.39 is 5.91 Å². The molecule has 1 fully saturated rings. The van der Waals surface area contributed by atoms with Crippen molar-refractivity contribution in [2.24, 2.45) is 11.7 Å². The van der Waals surface area contributed by atoms with Crippen LogP contribution in [0.1, 0.15) is 27.2 Å². The maximum Gasteiger partial charge on any atom is 0.252 e. The van der Waals surface area contributed by atoms with Crippen LogP contribution in [0, 0.1) is 19.8 Å². The molecule has 0 unspecified atom stereocenters. The van der Waals surface area contributed by atoms with Gasteiger partial charge in [0.1, 0.15) is 5.82 Å². The number of primary amides is 1. The average molecular weight is 326 g/mol. The fourth-order valence-electron chi connectivity index (χ4n) is 2.96. The van der Waals surface area contributed by atoms with Gasteiger partial charge in [-0.1, -0.05) is 0 Å². The summed E-state index contributed by atoms with van der Waals surface area (Å²) in [4.78, 5) is 20.3. The molecule has 1 saturated heterocycles. The van der Waals surface area contributed by atoms with E-state index in [1.807, 2.05) is 26.0 Å². The van der Waals surface area contributed by atoms with Crippen molar-refractivity contribution in [1.82, 2.24) is 9.97 Å². The zero-order valence-electron chi connectivity index (χ0n) is 14.0. The van der Waals surface area contributed by atoms with Crippen LogP contribution in [0.25, 0.3) is 0 Å². The number of hydrogen-bond acceptors (Lipinski definition) is 5. The highest BCUT2D eigenvalue weighted by Crippen LogP contribution is 2.24. The molecule has 0 bridgehead atoms. The zero-order valence-corrected chi connectivity index (χ0v) is 14.0. The molecule has 3 rings (SSSR count). The number of nitrogens with one attached hydrogen (secondary N) is 1. The number of nitrogens with zero attached hydrogens (tertiary/aromatic N) is 2. The molecule has 6 heteroatoms. The standard InChI is InChI=1S/C18H22N4O2/c1-11-7-15(17(19)23)18(21-12(11)2)22-16-10-24-9-14(16)8-13-3-5-20-6-4-13/h3-7,14,16H,8-10H2,1-2H3,(H2,19,23)(H,21,22)/t14-,16+/m1/s1. The Morgan fingerprint density at radius 1 is 1.33 bits per heavy atom. The van der Waals surface area contributed by atoms with Crippen LogP contribution in [0.4, 0.5) is 5.82 Å². The van der Waals surface area contributed by atoms with Crippen molar-refractivity contribution >= 4 is 11.7 Å². The summed E-state index contributed by atoms with van der Waals surface area (Å²) in [5, 5.41) is 3.38. The number of carbonyl (C=O) groups is 1. The van der Waals surface area contributed by atoms with Gasteiger partial charge in [-0.2, -0.15) is 0 Å². The molecule has 0 aliphatic carbocycles. The Hall–Kier alpha value is -2.47. The molecule has 126 valence electrons. The Bertz CT molecular complexity index is 733. The van der Waals surface area contributed by atoms with E-state index in [0.717, 1.165) is 17.7 Å². The van der Waals surface area contributed by atoms with Crippen LogP contribution in [0.2, 0.25) is 0 Å². The third kappa shape index (κ3) is 3.54. The minimum absolute atomic E-state index is 0.0888. The zero-order chi connectivity index (χ0) is 17.1. The predicted octanol–water partition coefficient (Wildman–Crippen LogP) is 1.86. The second-order valence-electron chi connectivity index (χ2n) is 6.26. The third-order valence-electron chi connectivity index (χ3n) is 4.50. The normalized spacial score (nSPS) is 20.1. The summed E-state index contributed by atoms with van der Waals surface area (Å²) in [5.41, 5.74) is 8.98. The van der Waals surface area contributed by atoms with Crippen LogP contribution in [-0.4, -0.2) is 35.1 Å². The smallest absolute Gasteiger partial charge is 0.252 e. The molecule has 0 spiro atoms. The lowest BCUT2D eigenvalue weighted by molar-refractivity contribution is 0.100. The summed E-state index contributed by atoms with van der Waals surface area (Å²) >= 11 is 0. The Morgan fingerprint density at radius 3 is 2.79 bits per heavy atom. The van der Waals surface area contributed by atoms with Crippen molar-refractivity contribution in [3.63, 3.8) is 0 Å². The molecule has 2 aromatic heterocycles. The number of rotatable bonds is 5. The quantitative estimate of drug-likeness (QED) is 0.875. The highest BCUT2D eigenvalue weighted by molar-refractivity contribution is 5.97. The van der Waals surface area contributed by atoms with Crippen LogP contribution < -0.4 is 11.1 Å². The van der Waals surface area contributed by atoms with Crippen LogP contribution in [-0.2, 0) is 11.2 Å². The van der Waals surface area contributed by atoms with Crippen molar-refractivity contribution in [3.05, 3.63) is 53.0 Å². The highest BCUT2D eigenvalue weighted by atomic mass is 16.5. The van der Waals surface area contributed by atoms with Crippen LogP contribution in [0.15, 0.2) is 30.6 Å². The van der Waals surface area contributed by atoms with Crippen molar-refractivity contribution in [2.45, 2.75) is 26.3 Å². The van der Waals surface area contributed by atoms with Crippen molar-refractivity contribution in [3.8, 4) is 0 Å². The van der Waals surface area contributed by atoms with Crippen LogP contribution in [0.5, 0.6) is 0 Å². The third-order valence-corrected chi connectivity index (χ3v) is 4.50. The summed E-state index contributed by atoms with van der Waals surface area (Å²) in [6, 6.07) is 5.91. The molecule has 1 aliphatic rings. The van der Waals surface area contributed by atoms with Crippen LogP contribution >= 0.6 is 0 Å². The van der Waals surface area contributed by atoms with Gasteiger partial charge in [-0.25, -0.2) is 4.98 Å². The van der Waals surface area contributed by atoms with Gasteiger partial charge in [0.05, 0.1) is 24.8 Å². The van der Waals surface area contributed by atoms with Gasteiger partial charge in [0, 0.05) is 24.0 Å². The van der Waals surface area contributed by atoms with E-state index in [4.69, 9.17) is 10.5 Å². The van der Waals surface area contributed by atoms with Gasteiger partial charge in [0.2, 0.25) is 0 Å². The monoisotopic (exact) mass is 326 g/mol. The predicted molar refractivity (Wildman–Crippen MR) is 91.9 cm³/mol. The molecule has 0 saturated carbocycles. The Balaban J connectivity index is 1.79. The summed E-state index contributed by atoms with van der Waals surface area (Å²) in [7, 11) is 0. The van der Waals surface area contributed by atoms with Crippen LogP contribution in [0.3, 0.4) is 0 Å². The highest BCUT2D eigenvalue weighted by Gasteiger charge is 2.29. The van der Waals surface area contributed by atoms with E-state index in [2.05, 4.69) is 15.3 Å². The molecule has 3 heterocycles. The number of nitrogens with two attached hydrogens (primary N) is 1.